The molecule has 0 aliphatic carbocycles. The van der Waals surface area contributed by atoms with Gasteiger partial charge in [-0.1, -0.05) is 24.3 Å². The van der Waals surface area contributed by atoms with Gasteiger partial charge < -0.3 is 9.47 Å². The monoisotopic (exact) mass is 354 g/mol. The van der Waals surface area contributed by atoms with Crippen molar-refractivity contribution in [2.45, 2.75) is 26.9 Å². The lowest BCUT2D eigenvalue weighted by Gasteiger charge is -2.35. The zero-order valence-corrected chi connectivity index (χ0v) is 16.4. The molecule has 26 heavy (non-hydrogen) atoms. The van der Waals surface area contributed by atoms with Crippen LogP contribution >= 0.6 is 0 Å². The van der Waals surface area contributed by atoms with E-state index in [2.05, 4.69) is 47.9 Å². The molecule has 140 valence electrons. The lowest BCUT2D eigenvalue weighted by molar-refractivity contribution is 0.121. The van der Waals surface area contributed by atoms with E-state index in [-0.39, 0.29) is 0 Å². The summed E-state index contributed by atoms with van der Waals surface area (Å²) in [5, 5.41) is 0. The number of nitrogens with zero attached hydrogens (tertiary/aromatic N) is 2. The van der Waals surface area contributed by atoms with Crippen molar-refractivity contribution >= 4 is 0 Å². The van der Waals surface area contributed by atoms with Gasteiger partial charge in [-0.25, -0.2) is 0 Å². The van der Waals surface area contributed by atoms with E-state index >= 15 is 0 Å². The van der Waals surface area contributed by atoms with Gasteiger partial charge in [0.25, 0.3) is 0 Å². The van der Waals surface area contributed by atoms with E-state index in [1.807, 2.05) is 12.1 Å². The lowest BCUT2D eigenvalue weighted by Crippen LogP contribution is -2.45. The fourth-order valence-electron chi connectivity index (χ4n) is 3.66. The Morgan fingerprint density at radius 1 is 0.731 bits per heavy atom. The predicted molar refractivity (Wildman–Crippen MR) is 106 cm³/mol. The van der Waals surface area contributed by atoms with Gasteiger partial charge in [-0.05, 0) is 42.7 Å². The topological polar surface area (TPSA) is 24.9 Å². The molecule has 1 saturated heterocycles. The first kappa shape index (κ1) is 18.7. The highest BCUT2D eigenvalue weighted by Crippen LogP contribution is 2.24. The standard InChI is InChI=1S/C22H30N2O2/c1-17-14-22(26-4)18(2)13-20(17)16-24-11-9-23(10-12-24)15-19-7-5-6-8-21(19)25-3/h5-8,13-14H,9-12,15-16H2,1-4H3. The highest BCUT2D eigenvalue weighted by Gasteiger charge is 2.19. The molecule has 4 nitrogen and oxygen atoms in total. The van der Waals surface area contributed by atoms with Crippen molar-refractivity contribution in [2.75, 3.05) is 40.4 Å². The average Bonchev–Trinajstić information content (AvgIpc) is 2.66. The zero-order chi connectivity index (χ0) is 18.5. The molecule has 0 aromatic heterocycles. The van der Waals surface area contributed by atoms with Gasteiger partial charge in [0.2, 0.25) is 0 Å². The van der Waals surface area contributed by atoms with Crippen molar-refractivity contribution < 1.29 is 9.47 Å². The number of hydrogen-bond acceptors (Lipinski definition) is 4. The van der Waals surface area contributed by atoms with Crippen LogP contribution in [-0.4, -0.2) is 50.2 Å². The Hall–Kier alpha value is -2.04. The fourth-order valence-corrected chi connectivity index (χ4v) is 3.66. The molecule has 2 aromatic rings. The molecule has 0 bridgehead atoms. The van der Waals surface area contributed by atoms with Gasteiger partial charge in [-0.2, -0.15) is 0 Å². The third kappa shape index (κ3) is 4.37. The number of ether oxygens (including phenoxy) is 2. The molecule has 1 aliphatic heterocycles. The molecule has 0 spiro atoms. The normalized spacial score (nSPS) is 15.8. The molecule has 0 saturated carbocycles. The number of methoxy groups -OCH3 is 2. The second-order valence-electron chi connectivity index (χ2n) is 7.11. The Balaban J connectivity index is 1.56. The van der Waals surface area contributed by atoms with E-state index in [1.54, 1.807) is 14.2 Å². The summed E-state index contributed by atoms with van der Waals surface area (Å²) in [5.41, 5.74) is 5.19. The van der Waals surface area contributed by atoms with Crippen LogP contribution in [0.4, 0.5) is 0 Å². The van der Waals surface area contributed by atoms with Crippen LogP contribution in [0.5, 0.6) is 11.5 Å². The van der Waals surface area contributed by atoms with Crippen LogP contribution in [0.3, 0.4) is 0 Å². The highest BCUT2D eigenvalue weighted by molar-refractivity contribution is 5.41. The van der Waals surface area contributed by atoms with Crippen LogP contribution in [0.1, 0.15) is 22.3 Å². The molecular formula is C22H30N2O2. The number of rotatable bonds is 6. The van der Waals surface area contributed by atoms with Gasteiger partial charge in [0.1, 0.15) is 11.5 Å². The molecule has 1 fully saturated rings. The minimum absolute atomic E-state index is 0.957. The van der Waals surface area contributed by atoms with Crippen molar-refractivity contribution in [3.8, 4) is 11.5 Å². The van der Waals surface area contributed by atoms with Gasteiger partial charge in [-0.3, -0.25) is 9.80 Å². The number of aryl methyl sites for hydroxylation is 2. The highest BCUT2D eigenvalue weighted by atomic mass is 16.5. The molecule has 1 aliphatic rings. The first-order valence-electron chi connectivity index (χ1n) is 9.31. The Bertz CT molecular complexity index is 737. The van der Waals surface area contributed by atoms with Crippen molar-refractivity contribution in [2.24, 2.45) is 0 Å². The molecule has 0 unspecified atom stereocenters. The van der Waals surface area contributed by atoms with E-state index in [4.69, 9.17) is 9.47 Å². The number of hydrogen-bond donors (Lipinski definition) is 0. The van der Waals surface area contributed by atoms with Gasteiger partial charge in [0, 0.05) is 44.8 Å². The Morgan fingerprint density at radius 2 is 1.31 bits per heavy atom. The van der Waals surface area contributed by atoms with E-state index in [9.17, 15) is 0 Å². The van der Waals surface area contributed by atoms with Gasteiger partial charge in [0.05, 0.1) is 14.2 Å². The maximum absolute atomic E-state index is 5.48. The summed E-state index contributed by atoms with van der Waals surface area (Å²) in [6.45, 7) is 10.6. The maximum Gasteiger partial charge on any atom is 0.123 e. The summed E-state index contributed by atoms with van der Waals surface area (Å²) in [7, 11) is 3.48. The lowest BCUT2D eigenvalue weighted by atomic mass is 10.0. The van der Waals surface area contributed by atoms with E-state index in [1.165, 1.54) is 22.3 Å². The molecule has 2 aromatic carbocycles. The molecular weight excluding hydrogens is 324 g/mol. The van der Waals surface area contributed by atoms with E-state index in [0.29, 0.717) is 0 Å². The molecule has 0 N–H and O–H groups in total. The van der Waals surface area contributed by atoms with Gasteiger partial charge in [-0.15, -0.1) is 0 Å². The van der Waals surface area contributed by atoms with Crippen LogP contribution in [-0.2, 0) is 13.1 Å². The third-order valence-electron chi connectivity index (χ3n) is 5.30. The SMILES string of the molecule is COc1cc(C)c(CN2CCN(Cc3ccccc3OC)CC2)cc1C. The summed E-state index contributed by atoms with van der Waals surface area (Å²) >= 11 is 0. The summed E-state index contributed by atoms with van der Waals surface area (Å²) < 4.78 is 10.9. The summed E-state index contributed by atoms with van der Waals surface area (Å²) in [5.74, 6) is 1.96. The number of benzene rings is 2. The van der Waals surface area contributed by atoms with Crippen molar-refractivity contribution in [1.29, 1.82) is 0 Å². The predicted octanol–water partition coefficient (Wildman–Crippen LogP) is 3.64. The van der Waals surface area contributed by atoms with E-state index < -0.39 is 0 Å². The summed E-state index contributed by atoms with van der Waals surface area (Å²) in [6.07, 6.45) is 0. The first-order valence-corrected chi connectivity index (χ1v) is 9.31. The second kappa shape index (κ2) is 8.56. The van der Waals surface area contributed by atoms with Crippen molar-refractivity contribution in [1.82, 2.24) is 9.80 Å². The second-order valence-corrected chi connectivity index (χ2v) is 7.11. The fraction of sp³-hybridized carbons (Fsp3) is 0.455. The molecule has 0 amide bonds. The number of para-hydroxylation sites is 1. The van der Waals surface area contributed by atoms with E-state index in [0.717, 1.165) is 50.8 Å². The third-order valence-corrected chi connectivity index (χ3v) is 5.30. The molecule has 3 rings (SSSR count). The molecule has 0 radical (unpaired) electrons. The Labute approximate surface area is 157 Å². The summed E-state index contributed by atoms with van der Waals surface area (Å²) in [4.78, 5) is 5.06. The van der Waals surface area contributed by atoms with Crippen molar-refractivity contribution in [3.63, 3.8) is 0 Å². The zero-order valence-electron chi connectivity index (χ0n) is 16.4. The van der Waals surface area contributed by atoms with Crippen LogP contribution < -0.4 is 9.47 Å². The van der Waals surface area contributed by atoms with Gasteiger partial charge >= 0.3 is 0 Å². The minimum Gasteiger partial charge on any atom is -0.496 e. The number of piperazine rings is 1. The van der Waals surface area contributed by atoms with Crippen molar-refractivity contribution in [3.05, 3.63) is 58.7 Å². The maximum atomic E-state index is 5.48. The first-order chi connectivity index (χ1) is 12.6. The van der Waals surface area contributed by atoms with Crippen LogP contribution in [0.15, 0.2) is 36.4 Å². The molecule has 4 heteroatoms. The van der Waals surface area contributed by atoms with Gasteiger partial charge in [0.15, 0.2) is 0 Å². The molecule has 1 heterocycles. The van der Waals surface area contributed by atoms with Crippen LogP contribution in [0.2, 0.25) is 0 Å². The average molecular weight is 354 g/mol. The van der Waals surface area contributed by atoms with Crippen LogP contribution in [0.25, 0.3) is 0 Å². The quantitative estimate of drug-likeness (QED) is 0.791. The molecule has 0 atom stereocenters. The van der Waals surface area contributed by atoms with Crippen LogP contribution in [0, 0.1) is 13.8 Å². The largest absolute Gasteiger partial charge is 0.496 e. The minimum atomic E-state index is 0.957. The Kier molecular flexibility index (Phi) is 6.17. The Morgan fingerprint density at radius 3 is 1.92 bits per heavy atom. The smallest absolute Gasteiger partial charge is 0.123 e. The summed E-state index contributed by atoms with van der Waals surface area (Å²) in [6, 6.07) is 12.7.